The van der Waals surface area contributed by atoms with Crippen molar-refractivity contribution in [2.45, 2.75) is 66.2 Å². The van der Waals surface area contributed by atoms with Gasteiger partial charge in [-0.2, -0.15) is 0 Å². The van der Waals surface area contributed by atoms with Crippen LogP contribution in [-0.4, -0.2) is 40.8 Å². The third-order valence-corrected chi connectivity index (χ3v) is 2.56. The molecule has 2 atom stereocenters. The van der Waals surface area contributed by atoms with Gasteiger partial charge in [-0.3, -0.25) is 4.79 Å². The third-order valence-electron chi connectivity index (χ3n) is 1.48. The Morgan fingerprint density at radius 3 is 1.28 bits per heavy atom. The molecule has 0 amide bonds. The monoisotopic (exact) mass is 1140 g/mol. The van der Waals surface area contributed by atoms with Gasteiger partial charge in [-0.25, -0.2) is 0 Å². The summed E-state index contributed by atoms with van der Waals surface area (Å²) in [4.78, 5) is 10.5. The van der Waals surface area contributed by atoms with Crippen LogP contribution in [0.2, 0.25) is 0 Å². The van der Waals surface area contributed by atoms with Crippen molar-refractivity contribution in [2.24, 2.45) is 0 Å². The van der Waals surface area contributed by atoms with Gasteiger partial charge in [0.25, 0.3) is 0 Å². The second-order valence-corrected chi connectivity index (χ2v) is 26.5. The molecule has 0 fully saturated rings. The van der Waals surface area contributed by atoms with Crippen LogP contribution in [0, 0.1) is 7.43 Å². The molecule has 0 aliphatic rings. The molecule has 0 aromatic heterocycles. The number of alkyl halides is 9. The third kappa shape index (κ3) is 160. The van der Waals surface area contributed by atoms with E-state index in [1.165, 1.54) is 6.92 Å². The summed E-state index contributed by atoms with van der Waals surface area (Å²) >= 11 is 30.8. The van der Waals surface area contributed by atoms with Crippen molar-refractivity contribution in [1.29, 1.82) is 0 Å². The molecule has 0 aromatic carbocycles. The Balaban J connectivity index is -0.0000000413. The number of hydrogen-bond acceptors (Lipinski definition) is 2. The summed E-state index contributed by atoms with van der Waals surface area (Å²) in [5.41, 5.74) is 0. The van der Waals surface area contributed by atoms with Crippen LogP contribution in [0.3, 0.4) is 0 Å². The molecule has 0 aliphatic heterocycles. The van der Waals surface area contributed by atoms with E-state index in [0.29, 0.717) is 28.9 Å². The number of Topliss-reactive ketones (excluding diaryl/α,β-unsaturated/α-hetero) is 1. The molecular formula is C17H34BrCl3I5O2V-. The van der Waals surface area contributed by atoms with E-state index < -0.39 is 0 Å². The molecule has 2 unspecified atom stereocenters. The first-order valence-electron chi connectivity index (χ1n) is 7.89. The molecule has 0 aliphatic carbocycles. The molecule has 0 aromatic rings. The van der Waals surface area contributed by atoms with Crippen LogP contribution in [0.4, 0.5) is 0 Å². The second kappa shape index (κ2) is 40.4. The summed E-state index contributed by atoms with van der Waals surface area (Å²) in [6.07, 6.45) is 2.02. The van der Waals surface area contributed by atoms with Crippen LogP contribution >= 0.6 is 164 Å². The minimum Gasteiger partial charge on any atom is -0.393 e. The van der Waals surface area contributed by atoms with Crippen LogP contribution in [0.15, 0.2) is 0 Å². The van der Waals surface area contributed by atoms with Crippen LogP contribution in [0.5, 0.6) is 0 Å². The zero-order valence-corrected chi connectivity index (χ0v) is 33.7. The molecule has 0 heterocycles. The largest absolute Gasteiger partial charge is 0.393 e. The van der Waals surface area contributed by atoms with Crippen molar-refractivity contribution in [2.75, 3.05) is 17.6 Å². The Hall–Kier alpha value is 5.21. The predicted octanol–water partition coefficient (Wildman–Crippen LogP) is 10.2. The maximum atomic E-state index is 9.96. The summed E-state index contributed by atoms with van der Waals surface area (Å²) in [7, 11) is 0. The van der Waals surface area contributed by atoms with E-state index >= 15 is 0 Å². The van der Waals surface area contributed by atoms with Crippen LogP contribution in [0.25, 0.3) is 0 Å². The van der Waals surface area contributed by atoms with Crippen molar-refractivity contribution >= 4 is 169 Å². The Bertz CT molecular complexity index is 272. The fourth-order valence-corrected chi connectivity index (χ4v) is 1.84. The molecule has 0 saturated carbocycles. The predicted molar refractivity (Wildman–Crippen MR) is 181 cm³/mol. The maximum Gasteiger partial charge on any atom is 0.131 e. The van der Waals surface area contributed by atoms with E-state index in [1.807, 2.05) is 0 Å². The first kappa shape index (κ1) is 51.0. The van der Waals surface area contributed by atoms with E-state index in [0.717, 1.165) is 14.2 Å². The smallest absolute Gasteiger partial charge is 0.131 e. The Morgan fingerprint density at radius 1 is 1.00 bits per heavy atom. The number of ketones is 1. The van der Waals surface area contributed by atoms with Gasteiger partial charge in [0, 0.05) is 47.4 Å². The molecule has 12 heteroatoms. The van der Waals surface area contributed by atoms with Gasteiger partial charge in [0.1, 0.15) is 5.22 Å². The second-order valence-electron chi connectivity index (χ2n) is 5.03. The molecule has 1 radical (unpaired) electrons. The Labute approximate surface area is 284 Å². The van der Waals surface area contributed by atoms with E-state index in [1.54, 1.807) is 6.92 Å². The number of halogens is 9. The van der Waals surface area contributed by atoms with Gasteiger partial charge >= 0.3 is 0 Å². The summed E-state index contributed by atoms with van der Waals surface area (Å²) in [5.74, 6) is 1.92. The molecule has 2 nitrogen and oxygen atoms in total. The molecule has 183 valence electrons. The van der Waals surface area contributed by atoms with Gasteiger partial charge in [0.05, 0.1) is 8.04 Å². The fraction of sp³-hybridized carbons (Fsp3) is 0.882. The topological polar surface area (TPSA) is 37.3 Å². The minimum absolute atomic E-state index is 0. The van der Waals surface area contributed by atoms with Crippen LogP contribution < -0.4 is 0 Å². The summed E-state index contributed by atoms with van der Waals surface area (Å²) in [6, 6.07) is 0. The normalized spacial score (nSPS) is 11.0. The number of carbonyl (C=O) groups is 1. The molecule has 0 spiro atoms. The van der Waals surface area contributed by atoms with Crippen molar-refractivity contribution in [3.05, 3.63) is 7.43 Å². The van der Waals surface area contributed by atoms with Crippen molar-refractivity contribution in [1.82, 2.24) is 0 Å². The number of aliphatic hydroxyl groups excluding tert-OH is 1. The molecular weight excluding hydrogens is 1110 g/mol. The Kier molecular flexibility index (Phi) is 71.0. The minimum atomic E-state index is -0.234. The molecule has 0 saturated heterocycles. The number of carbonyl (C=O) groups excluding carboxylic acids is 1. The molecule has 29 heavy (non-hydrogen) atoms. The van der Waals surface area contributed by atoms with Gasteiger partial charge in [0.2, 0.25) is 0 Å². The van der Waals surface area contributed by atoms with Crippen LogP contribution in [0.1, 0.15) is 53.9 Å². The first-order valence-corrected chi connectivity index (χ1v) is 16.1. The van der Waals surface area contributed by atoms with Gasteiger partial charge in [-0.15, -0.1) is 34.8 Å². The summed E-state index contributed by atoms with van der Waals surface area (Å²) in [6.45, 7) is 9.63. The van der Waals surface area contributed by atoms with Crippen LogP contribution in [-0.2, 0) is 23.4 Å². The van der Waals surface area contributed by atoms with Gasteiger partial charge < -0.3 is 12.5 Å². The zero-order valence-electron chi connectivity index (χ0n) is 17.7. The van der Waals surface area contributed by atoms with Crippen molar-refractivity contribution in [3.63, 3.8) is 0 Å². The quantitative estimate of drug-likeness (QED) is 0.164. The number of hydrogen-bond donors (Lipinski definition) is 1. The SMILES string of the molecule is CC(=O)CCCl.CC(Br)CCCl.CC(I)(I)I.CC(I)I.CC(O)CCCl.[CH3-].[V]. The van der Waals surface area contributed by atoms with E-state index in [2.05, 4.69) is 150 Å². The van der Waals surface area contributed by atoms with E-state index in [9.17, 15) is 4.79 Å². The van der Waals surface area contributed by atoms with Crippen molar-refractivity contribution in [3.8, 4) is 0 Å². The number of rotatable bonds is 6. The Morgan fingerprint density at radius 2 is 1.28 bits per heavy atom. The average Bonchev–Trinajstić information content (AvgIpc) is 2.36. The van der Waals surface area contributed by atoms with E-state index in [4.69, 9.17) is 39.9 Å². The molecule has 1 N–H and O–H groups in total. The molecule has 0 rings (SSSR count). The summed E-state index contributed by atoms with van der Waals surface area (Å²) < 4.78 is 1.18. The van der Waals surface area contributed by atoms with Gasteiger partial charge in [-0.1, -0.05) is 136 Å². The number of aliphatic hydroxyl groups is 1. The average molecular weight is 1140 g/mol. The standard InChI is InChI=1S/C4H8BrCl.C4H9ClO.C4H7ClO.C2H3I3.C2H4I2.CH3.V/c1-4(5)2-3-6;2*1-4(6)2-3-5;1-2(3,4)5;1-2(3)4;;/h4H,2-3H2,1H3;4,6H,2-3H2,1H3;2-3H2,1H3;1H3;2H,1H3;1H3;/q;;;;;-1;. The zero-order chi connectivity index (χ0) is 23.1. The van der Waals surface area contributed by atoms with E-state index in [-0.39, 0.29) is 37.9 Å². The summed E-state index contributed by atoms with van der Waals surface area (Å²) in [5, 5.41) is 8.47. The fourth-order valence-electron chi connectivity index (χ4n) is 0.441. The van der Waals surface area contributed by atoms with Gasteiger partial charge in [-0.05, 0) is 40.5 Å². The maximum absolute atomic E-state index is 9.96. The van der Waals surface area contributed by atoms with Crippen molar-refractivity contribution < 1.29 is 28.5 Å². The first-order chi connectivity index (χ1) is 12.0. The van der Waals surface area contributed by atoms with Gasteiger partial charge in [0.15, 0.2) is 0 Å². The molecule has 0 bridgehead atoms.